The minimum Gasteiger partial charge on any atom is -0.496 e. The van der Waals surface area contributed by atoms with Crippen LogP contribution in [0.15, 0.2) is 23.6 Å². The van der Waals surface area contributed by atoms with Gasteiger partial charge in [-0.2, -0.15) is 0 Å². The number of aromatic nitrogens is 2. The summed E-state index contributed by atoms with van der Waals surface area (Å²) in [6, 6.07) is 5.31. The van der Waals surface area contributed by atoms with E-state index in [1.54, 1.807) is 30.6 Å². The predicted octanol–water partition coefficient (Wildman–Crippen LogP) is 5.26. The number of ether oxygens (including phenoxy) is 1. The van der Waals surface area contributed by atoms with Crippen LogP contribution in [-0.2, 0) is 0 Å². The van der Waals surface area contributed by atoms with E-state index in [4.69, 9.17) is 9.72 Å². The van der Waals surface area contributed by atoms with Crippen molar-refractivity contribution in [2.75, 3.05) is 12.4 Å². The Labute approximate surface area is 150 Å². The highest BCUT2D eigenvalue weighted by Gasteiger charge is 2.25. The third-order valence-electron chi connectivity index (χ3n) is 4.91. The molecule has 1 aliphatic rings. The fraction of sp³-hybridized carbons (Fsp3) is 0.421. The Morgan fingerprint density at radius 3 is 2.84 bits per heavy atom. The summed E-state index contributed by atoms with van der Waals surface area (Å²) in [6.07, 6.45) is 6.06. The van der Waals surface area contributed by atoms with E-state index in [9.17, 15) is 4.39 Å². The molecule has 0 saturated heterocycles. The quantitative estimate of drug-likeness (QED) is 0.690. The Hall–Kier alpha value is -2.08. The highest BCUT2D eigenvalue weighted by atomic mass is 32.1. The van der Waals surface area contributed by atoms with Crippen LogP contribution in [0, 0.1) is 12.7 Å². The number of hydrogen-bond donors (Lipinski definition) is 1. The first-order valence-corrected chi connectivity index (χ1v) is 9.63. The zero-order chi connectivity index (χ0) is 17.4. The summed E-state index contributed by atoms with van der Waals surface area (Å²) in [6.45, 7) is 2.06. The lowest BCUT2D eigenvalue weighted by atomic mass is 9.95. The topological polar surface area (TPSA) is 38.6 Å². The summed E-state index contributed by atoms with van der Waals surface area (Å²) in [7, 11) is 1.57. The van der Waals surface area contributed by atoms with Gasteiger partial charge in [-0.3, -0.25) is 4.40 Å². The first kappa shape index (κ1) is 16.4. The molecular formula is C19H22FN3OS. The van der Waals surface area contributed by atoms with Gasteiger partial charge in [0.05, 0.1) is 12.7 Å². The van der Waals surface area contributed by atoms with E-state index in [0.717, 1.165) is 29.3 Å². The Balaban J connectivity index is 1.88. The van der Waals surface area contributed by atoms with Crippen LogP contribution in [0.3, 0.4) is 0 Å². The van der Waals surface area contributed by atoms with E-state index >= 15 is 0 Å². The van der Waals surface area contributed by atoms with Gasteiger partial charge in [0, 0.05) is 17.1 Å². The number of rotatable bonds is 4. The molecular weight excluding hydrogens is 337 g/mol. The molecule has 25 heavy (non-hydrogen) atoms. The molecule has 0 radical (unpaired) electrons. The molecule has 2 heterocycles. The second kappa shape index (κ2) is 6.67. The minimum absolute atomic E-state index is 0.311. The Morgan fingerprint density at radius 2 is 2.08 bits per heavy atom. The lowest BCUT2D eigenvalue weighted by molar-refractivity contribution is 0.413. The van der Waals surface area contributed by atoms with Crippen molar-refractivity contribution in [3.05, 3.63) is 35.1 Å². The largest absolute Gasteiger partial charge is 0.496 e. The van der Waals surface area contributed by atoms with Gasteiger partial charge in [0.25, 0.3) is 0 Å². The van der Waals surface area contributed by atoms with Gasteiger partial charge in [0.1, 0.15) is 23.1 Å². The van der Waals surface area contributed by atoms with Gasteiger partial charge in [-0.15, -0.1) is 11.3 Å². The van der Waals surface area contributed by atoms with E-state index in [2.05, 4.69) is 22.0 Å². The van der Waals surface area contributed by atoms with Gasteiger partial charge in [-0.05, 0) is 31.9 Å². The molecule has 3 aromatic rings. The summed E-state index contributed by atoms with van der Waals surface area (Å²) in [4.78, 5) is 5.61. The third-order valence-corrected chi connectivity index (χ3v) is 5.86. The summed E-state index contributed by atoms with van der Waals surface area (Å²) >= 11 is 1.57. The monoisotopic (exact) mass is 359 g/mol. The van der Waals surface area contributed by atoms with Crippen LogP contribution in [0.25, 0.3) is 16.2 Å². The average Bonchev–Trinajstić information content (AvgIpc) is 3.16. The van der Waals surface area contributed by atoms with E-state index < -0.39 is 0 Å². The maximum atomic E-state index is 14.7. The highest BCUT2D eigenvalue weighted by molar-refractivity contribution is 7.15. The molecule has 4 nitrogen and oxygen atoms in total. The van der Waals surface area contributed by atoms with Gasteiger partial charge in [0.15, 0.2) is 4.96 Å². The van der Waals surface area contributed by atoms with Crippen LogP contribution in [0.1, 0.15) is 37.8 Å². The number of hydrogen-bond acceptors (Lipinski definition) is 4. The van der Waals surface area contributed by atoms with Gasteiger partial charge < -0.3 is 10.1 Å². The molecule has 1 aliphatic carbocycles. The lowest BCUT2D eigenvalue weighted by Crippen LogP contribution is -2.23. The molecule has 0 bridgehead atoms. The Bertz CT molecular complexity index is 896. The van der Waals surface area contributed by atoms with Crippen LogP contribution in [0.4, 0.5) is 10.2 Å². The molecule has 4 rings (SSSR count). The van der Waals surface area contributed by atoms with Gasteiger partial charge in [-0.1, -0.05) is 25.3 Å². The van der Waals surface area contributed by atoms with Crippen molar-refractivity contribution in [2.45, 2.75) is 45.1 Å². The van der Waals surface area contributed by atoms with Crippen molar-refractivity contribution in [1.29, 1.82) is 0 Å². The standard InChI is InChI=1S/C19H22FN3OS/c1-12-11-25-19-22-17(16-14(20)9-6-10-15(16)24-2)18(23(12)19)21-13-7-4-3-5-8-13/h6,9-11,13,21H,3-5,7-8H2,1-2H3. The molecule has 0 spiro atoms. The molecule has 1 fully saturated rings. The summed E-state index contributed by atoms with van der Waals surface area (Å²) in [5.41, 5.74) is 2.17. The molecule has 0 amide bonds. The van der Waals surface area contributed by atoms with E-state index in [-0.39, 0.29) is 5.82 Å². The molecule has 6 heteroatoms. The zero-order valence-corrected chi connectivity index (χ0v) is 15.3. The number of imidazole rings is 1. The Morgan fingerprint density at radius 1 is 1.28 bits per heavy atom. The normalized spacial score (nSPS) is 15.6. The number of aryl methyl sites for hydroxylation is 1. The molecule has 0 atom stereocenters. The summed E-state index contributed by atoms with van der Waals surface area (Å²) < 4.78 is 22.2. The van der Waals surface area contributed by atoms with Gasteiger partial charge in [-0.25, -0.2) is 9.37 Å². The highest BCUT2D eigenvalue weighted by Crippen LogP contribution is 2.39. The number of nitrogens with zero attached hydrogens (tertiary/aromatic N) is 2. The van der Waals surface area contributed by atoms with Crippen LogP contribution >= 0.6 is 11.3 Å². The van der Waals surface area contributed by atoms with Crippen molar-refractivity contribution >= 4 is 22.1 Å². The third kappa shape index (κ3) is 2.88. The maximum Gasteiger partial charge on any atom is 0.196 e. The van der Waals surface area contributed by atoms with Crippen LogP contribution in [0.5, 0.6) is 5.75 Å². The number of anilines is 1. The van der Waals surface area contributed by atoms with Crippen molar-refractivity contribution in [3.63, 3.8) is 0 Å². The SMILES string of the molecule is COc1cccc(F)c1-c1nc2scc(C)n2c1NC1CCCCC1. The summed E-state index contributed by atoms with van der Waals surface area (Å²) in [5, 5.41) is 5.74. The second-order valence-electron chi connectivity index (χ2n) is 6.60. The fourth-order valence-corrected chi connectivity index (χ4v) is 4.51. The van der Waals surface area contributed by atoms with Crippen molar-refractivity contribution in [3.8, 4) is 17.0 Å². The molecule has 1 aromatic carbocycles. The van der Waals surface area contributed by atoms with Gasteiger partial charge in [0.2, 0.25) is 0 Å². The second-order valence-corrected chi connectivity index (χ2v) is 7.44. The van der Waals surface area contributed by atoms with Crippen LogP contribution in [-0.4, -0.2) is 22.5 Å². The Kier molecular flexibility index (Phi) is 4.37. The van der Waals surface area contributed by atoms with Crippen LogP contribution < -0.4 is 10.1 Å². The van der Waals surface area contributed by atoms with Gasteiger partial charge >= 0.3 is 0 Å². The number of halogens is 1. The summed E-state index contributed by atoms with van der Waals surface area (Å²) in [5.74, 6) is 1.08. The first-order valence-electron chi connectivity index (χ1n) is 8.75. The number of benzene rings is 1. The zero-order valence-electron chi connectivity index (χ0n) is 14.5. The fourth-order valence-electron chi connectivity index (χ4n) is 3.65. The van der Waals surface area contributed by atoms with E-state index in [1.807, 2.05) is 0 Å². The number of nitrogens with one attached hydrogen (secondary N) is 1. The molecule has 1 saturated carbocycles. The average molecular weight is 359 g/mol. The molecule has 1 N–H and O–H groups in total. The van der Waals surface area contributed by atoms with Crippen LogP contribution in [0.2, 0.25) is 0 Å². The number of thiazole rings is 1. The number of methoxy groups -OCH3 is 1. The smallest absolute Gasteiger partial charge is 0.196 e. The van der Waals surface area contributed by atoms with E-state index in [1.165, 1.54) is 25.3 Å². The minimum atomic E-state index is -0.311. The molecule has 132 valence electrons. The molecule has 0 unspecified atom stereocenters. The first-order chi connectivity index (χ1) is 12.2. The maximum absolute atomic E-state index is 14.7. The molecule has 2 aromatic heterocycles. The van der Waals surface area contributed by atoms with E-state index in [0.29, 0.717) is 23.0 Å². The van der Waals surface area contributed by atoms with Crippen molar-refractivity contribution in [1.82, 2.24) is 9.38 Å². The predicted molar refractivity (Wildman–Crippen MR) is 100 cm³/mol. The lowest BCUT2D eigenvalue weighted by Gasteiger charge is -2.24. The van der Waals surface area contributed by atoms with Crippen molar-refractivity contribution in [2.24, 2.45) is 0 Å². The molecule has 0 aliphatic heterocycles. The van der Waals surface area contributed by atoms with Crippen molar-refractivity contribution < 1.29 is 9.13 Å². The number of fused-ring (bicyclic) bond motifs is 1.